The topological polar surface area (TPSA) is 71.1 Å². The lowest BCUT2D eigenvalue weighted by Crippen LogP contribution is -2.27. The van der Waals surface area contributed by atoms with Gasteiger partial charge in [-0.1, -0.05) is 23.2 Å². The largest absolute Gasteiger partial charge is 0.352 e. The van der Waals surface area contributed by atoms with Gasteiger partial charge in [0.15, 0.2) is 0 Å². The molecule has 0 saturated heterocycles. The van der Waals surface area contributed by atoms with Crippen LogP contribution in [0.3, 0.4) is 0 Å². The minimum atomic E-state index is -0.439. The first-order valence-electron chi connectivity index (χ1n) is 6.44. The first kappa shape index (κ1) is 16.3. The smallest absolute Gasteiger partial charge is 0.233 e. The van der Waals surface area contributed by atoms with Crippen molar-refractivity contribution in [2.45, 2.75) is 13.0 Å². The maximum atomic E-state index is 11.8. The number of hydrogen-bond acceptors (Lipinski definition) is 3. The summed E-state index contributed by atoms with van der Waals surface area (Å²) in [5.74, 6) is -0.812. The molecule has 0 aliphatic heterocycles. The molecule has 0 aliphatic rings. The first-order valence-corrected chi connectivity index (χ1v) is 7.20. The molecule has 0 saturated carbocycles. The van der Waals surface area contributed by atoms with E-state index in [9.17, 15) is 9.59 Å². The lowest BCUT2D eigenvalue weighted by atomic mass is 10.2. The van der Waals surface area contributed by atoms with Crippen molar-refractivity contribution in [2.24, 2.45) is 0 Å². The van der Waals surface area contributed by atoms with Crippen molar-refractivity contribution < 1.29 is 9.59 Å². The Hall–Kier alpha value is -2.11. The van der Waals surface area contributed by atoms with Gasteiger partial charge >= 0.3 is 0 Å². The monoisotopic (exact) mass is 337 g/mol. The van der Waals surface area contributed by atoms with Gasteiger partial charge in [0.25, 0.3) is 0 Å². The molecule has 2 N–H and O–H groups in total. The van der Waals surface area contributed by atoms with Gasteiger partial charge in [-0.25, -0.2) is 0 Å². The average Bonchev–Trinajstić information content (AvgIpc) is 2.45. The summed E-state index contributed by atoms with van der Waals surface area (Å²) in [5.41, 5.74) is 1.36. The zero-order valence-corrected chi connectivity index (χ0v) is 13.0. The Morgan fingerprint density at radius 2 is 1.64 bits per heavy atom. The molecule has 22 heavy (non-hydrogen) atoms. The van der Waals surface area contributed by atoms with E-state index in [1.54, 1.807) is 42.7 Å². The van der Waals surface area contributed by atoms with Gasteiger partial charge < -0.3 is 10.6 Å². The molecule has 1 heterocycles. The molecule has 1 aromatic heterocycles. The highest BCUT2D eigenvalue weighted by atomic mass is 35.5. The fourth-order valence-electron chi connectivity index (χ4n) is 1.74. The summed E-state index contributed by atoms with van der Waals surface area (Å²) < 4.78 is 0. The highest BCUT2D eigenvalue weighted by Crippen LogP contribution is 2.22. The van der Waals surface area contributed by atoms with E-state index in [2.05, 4.69) is 15.6 Å². The van der Waals surface area contributed by atoms with Gasteiger partial charge in [-0.05, 0) is 35.9 Å². The summed E-state index contributed by atoms with van der Waals surface area (Å²) in [5, 5.41) is 6.05. The molecular weight excluding hydrogens is 325 g/mol. The normalized spacial score (nSPS) is 10.1. The number of amides is 2. The van der Waals surface area contributed by atoms with E-state index >= 15 is 0 Å². The third kappa shape index (κ3) is 5.35. The second-order valence-electron chi connectivity index (χ2n) is 4.52. The van der Waals surface area contributed by atoms with Crippen molar-refractivity contribution in [2.75, 3.05) is 5.32 Å². The zero-order valence-electron chi connectivity index (χ0n) is 11.5. The van der Waals surface area contributed by atoms with Crippen molar-refractivity contribution in [3.8, 4) is 0 Å². The Kier molecular flexibility index (Phi) is 5.75. The van der Waals surface area contributed by atoms with Crippen LogP contribution in [0.4, 0.5) is 5.69 Å². The Balaban J connectivity index is 1.82. The third-order valence-corrected chi connectivity index (χ3v) is 3.14. The summed E-state index contributed by atoms with van der Waals surface area (Å²) >= 11 is 11.7. The molecule has 0 radical (unpaired) electrons. The van der Waals surface area contributed by atoms with Gasteiger partial charge in [0, 0.05) is 34.7 Å². The fourth-order valence-corrected chi connectivity index (χ4v) is 2.27. The molecule has 5 nitrogen and oxygen atoms in total. The molecular formula is C15H13Cl2N3O2. The quantitative estimate of drug-likeness (QED) is 0.823. The standard InChI is InChI=1S/C15H13Cl2N3O2/c16-11-5-12(17)7-13(6-11)20-15(22)8-14(21)19-9-10-1-3-18-4-2-10/h1-7H,8-9H2,(H,19,21)(H,20,22). The van der Waals surface area contributed by atoms with Gasteiger partial charge in [-0.15, -0.1) is 0 Å². The highest BCUT2D eigenvalue weighted by molar-refractivity contribution is 6.35. The van der Waals surface area contributed by atoms with E-state index in [0.29, 0.717) is 22.3 Å². The molecule has 0 atom stereocenters. The molecule has 0 spiro atoms. The van der Waals surface area contributed by atoms with Crippen molar-refractivity contribution in [1.82, 2.24) is 10.3 Å². The van der Waals surface area contributed by atoms with Crippen LogP contribution in [0, 0.1) is 0 Å². The van der Waals surface area contributed by atoms with Crippen molar-refractivity contribution in [3.05, 3.63) is 58.3 Å². The van der Waals surface area contributed by atoms with Crippen LogP contribution < -0.4 is 10.6 Å². The van der Waals surface area contributed by atoms with E-state index in [-0.39, 0.29) is 12.3 Å². The Labute approximate surface area is 137 Å². The molecule has 0 unspecified atom stereocenters. The minimum absolute atomic E-state index is 0.283. The Morgan fingerprint density at radius 1 is 1.00 bits per heavy atom. The molecule has 2 amide bonds. The summed E-state index contributed by atoms with van der Waals surface area (Å²) in [6, 6.07) is 8.24. The van der Waals surface area contributed by atoms with E-state index in [0.717, 1.165) is 5.56 Å². The number of halogens is 2. The van der Waals surface area contributed by atoms with Crippen LogP contribution in [0.25, 0.3) is 0 Å². The van der Waals surface area contributed by atoms with Crippen LogP contribution in [-0.4, -0.2) is 16.8 Å². The molecule has 2 aromatic rings. The van der Waals surface area contributed by atoms with Crippen LogP contribution in [0.15, 0.2) is 42.7 Å². The van der Waals surface area contributed by atoms with Crippen LogP contribution in [-0.2, 0) is 16.1 Å². The van der Waals surface area contributed by atoms with E-state index < -0.39 is 5.91 Å². The highest BCUT2D eigenvalue weighted by Gasteiger charge is 2.10. The number of pyridine rings is 1. The number of nitrogens with zero attached hydrogens (tertiary/aromatic N) is 1. The third-order valence-electron chi connectivity index (χ3n) is 2.71. The van der Waals surface area contributed by atoms with Crippen molar-refractivity contribution in [3.63, 3.8) is 0 Å². The Morgan fingerprint density at radius 3 is 2.27 bits per heavy atom. The molecule has 7 heteroatoms. The molecule has 0 aliphatic carbocycles. The Bertz CT molecular complexity index is 657. The van der Waals surface area contributed by atoms with Crippen LogP contribution in [0.1, 0.15) is 12.0 Å². The average molecular weight is 338 g/mol. The van der Waals surface area contributed by atoms with Gasteiger partial charge in [0.1, 0.15) is 6.42 Å². The van der Waals surface area contributed by atoms with Crippen molar-refractivity contribution in [1.29, 1.82) is 0 Å². The van der Waals surface area contributed by atoms with Gasteiger partial charge in [-0.2, -0.15) is 0 Å². The van der Waals surface area contributed by atoms with Crippen molar-refractivity contribution >= 4 is 40.7 Å². The SMILES string of the molecule is O=C(CC(=O)Nc1cc(Cl)cc(Cl)c1)NCc1ccncc1. The lowest BCUT2D eigenvalue weighted by molar-refractivity contribution is -0.126. The number of benzene rings is 1. The number of hydrogen-bond donors (Lipinski definition) is 2. The van der Waals surface area contributed by atoms with E-state index in [4.69, 9.17) is 23.2 Å². The van der Waals surface area contributed by atoms with E-state index in [1.807, 2.05) is 0 Å². The zero-order chi connectivity index (χ0) is 15.9. The maximum Gasteiger partial charge on any atom is 0.233 e. The van der Waals surface area contributed by atoms with Crippen LogP contribution in [0.5, 0.6) is 0 Å². The predicted molar refractivity (Wildman–Crippen MR) is 85.8 cm³/mol. The summed E-state index contributed by atoms with van der Waals surface area (Å²) in [6.45, 7) is 0.345. The number of aromatic nitrogens is 1. The number of rotatable bonds is 5. The van der Waals surface area contributed by atoms with Crippen LogP contribution in [0.2, 0.25) is 10.0 Å². The fraction of sp³-hybridized carbons (Fsp3) is 0.133. The number of nitrogens with one attached hydrogen (secondary N) is 2. The second kappa shape index (κ2) is 7.77. The first-order chi connectivity index (χ1) is 10.5. The van der Waals surface area contributed by atoms with Gasteiger partial charge in [-0.3, -0.25) is 14.6 Å². The number of carbonyl (C=O) groups is 2. The van der Waals surface area contributed by atoms with Crippen LogP contribution >= 0.6 is 23.2 Å². The second-order valence-corrected chi connectivity index (χ2v) is 5.39. The molecule has 0 bridgehead atoms. The summed E-state index contributed by atoms with van der Waals surface area (Å²) in [4.78, 5) is 27.4. The number of carbonyl (C=O) groups excluding carboxylic acids is 2. The van der Waals surface area contributed by atoms with E-state index in [1.165, 1.54) is 0 Å². The molecule has 2 rings (SSSR count). The maximum absolute atomic E-state index is 11.8. The molecule has 114 valence electrons. The molecule has 0 fully saturated rings. The van der Waals surface area contributed by atoms with Gasteiger partial charge in [0.2, 0.25) is 11.8 Å². The minimum Gasteiger partial charge on any atom is -0.352 e. The number of anilines is 1. The predicted octanol–water partition coefficient (Wildman–Crippen LogP) is 3.03. The lowest BCUT2D eigenvalue weighted by Gasteiger charge is -2.07. The summed E-state index contributed by atoms with van der Waals surface area (Å²) in [7, 11) is 0. The summed E-state index contributed by atoms with van der Waals surface area (Å²) in [6.07, 6.45) is 2.99. The molecule has 1 aromatic carbocycles. The van der Waals surface area contributed by atoms with Gasteiger partial charge in [0.05, 0.1) is 0 Å².